The summed E-state index contributed by atoms with van der Waals surface area (Å²) in [4.78, 5) is 15.9. The number of rotatable bonds is 2. The van der Waals surface area contributed by atoms with Crippen molar-refractivity contribution in [2.24, 2.45) is 0 Å². The first-order valence-electron chi connectivity index (χ1n) is 5.53. The van der Waals surface area contributed by atoms with Crippen molar-refractivity contribution in [1.29, 1.82) is 0 Å². The van der Waals surface area contributed by atoms with Crippen molar-refractivity contribution in [3.05, 3.63) is 65.0 Å². The normalized spacial score (nSPS) is 11.4. The molecule has 0 aliphatic heterocycles. The van der Waals surface area contributed by atoms with Crippen LogP contribution in [0.15, 0.2) is 42.7 Å². The Balaban J connectivity index is 2.50. The van der Waals surface area contributed by atoms with E-state index in [9.17, 15) is 18.0 Å². The first-order valence-corrected chi connectivity index (χ1v) is 5.53. The lowest BCUT2D eigenvalue weighted by atomic mass is 9.96. The Kier molecular flexibility index (Phi) is 3.38. The molecule has 2 aromatic rings. The van der Waals surface area contributed by atoms with E-state index in [-0.39, 0.29) is 16.7 Å². The highest BCUT2D eigenvalue weighted by Crippen LogP contribution is 2.33. The summed E-state index contributed by atoms with van der Waals surface area (Å²) in [5.41, 5.74) is -0.543. The van der Waals surface area contributed by atoms with E-state index in [0.29, 0.717) is 0 Å². The zero-order valence-corrected chi connectivity index (χ0v) is 10.0. The molecule has 0 fully saturated rings. The fourth-order valence-corrected chi connectivity index (χ4v) is 1.84. The van der Waals surface area contributed by atoms with Gasteiger partial charge in [0.05, 0.1) is 5.56 Å². The molecule has 0 unspecified atom stereocenters. The maximum absolute atomic E-state index is 12.8. The van der Waals surface area contributed by atoms with Crippen LogP contribution in [0.4, 0.5) is 13.2 Å². The number of halogens is 3. The summed E-state index contributed by atoms with van der Waals surface area (Å²) in [6, 6.07) is 6.68. The van der Waals surface area contributed by atoms with Gasteiger partial charge in [-0.2, -0.15) is 13.2 Å². The number of benzene rings is 1. The lowest BCUT2D eigenvalue weighted by Gasteiger charge is -2.13. The maximum atomic E-state index is 12.8. The highest BCUT2D eigenvalue weighted by Gasteiger charge is 2.33. The van der Waals surface area contributed by atoms with Crippen LogP contribution in [0.5, 0.6) is 0 Å². The Hall–Kier alpha value is -2.17. The van der Waals surface area contributed by atoms with E-state index in [0.717, 1.165) is 6.07 Å². The molecule has 0 bridgehead atoms. The highest BCUT2D eigenvalue weighted by molar-refractivity contribution is 6.09. The fourth-order valence-electron chi connectivity index (χ4n) is 1.84. The molecule has 2 nitrogen and oxygen atoms in total. The number of aromatic nitrogens is 1. The van der Waals surface area contributed by atoms with E-state index < -0.39 is 17.5 Å². The van der Waals surface area contributed by atoms with E-state index in [2.05, 4.69) is 4.98 Å². The molecule has 98 valence electrons. The minimum atomic E-state index is -4.46. The number of ketones is 1. The summed E-state index contributed by atoms with van der Waals surface area (Å²) in [7, 11) is 0. The van der Waals surface area contributed by atoms with Crippen LogP contribution in [0, 0.1) is 6.92 Å². The van der Waals surface area contributed by atoms with Crippen LogP contribution < -0.4 is 0 Å². The second kappa shape index (κ2) is 4.84. The number of nitrogens with zero attached hydrogens (tertiary/aromatic N) is 1. The number of pyridine rings is 1. The van der Waals surface area contributed by atoms with Crippen molar-refractivity contribution in [1.82, 2.24) is 4.98 Å². The molecule has 19 heavy (non-hydrogen) atoms. The monoisotopic (exact) mass is 265 g/mol. The van der Waals surface area contributed by atoms with Gasteiger partial charge in [-0.3, -0.25) is 9.78 Å². The number of hydrogen-bond donors (Lipinski definition) is 0. The minimum Gasteiger partial charge on any atom is -0.289 e. The topological polar surface area (TPSA) is 30.0 Å². The number of hydrogen-bond acceptors (Lipinski definition) is 2. The molecule has 2 rings (SSSR count). The van der Waals surface area contributed by atoms with E-state index >= 15 is 0 Å². The van der Waals surface area contributed by atoms with Crippen LogP contribution in [0.3, 0.4) is 0 Å². The zero-order chi connectivity index (χ0) is 14.0. The van der Waals surface area contributed by atoms with E-state index in [4.69, 9.17) is 0 Å². The Morgan fingerprint density at radius 2 is 1.89 bits per heavy atom. The van der Waals surface area contributed by atoms with Gasteiger partial charge in [0.2, 0.25) is 0 Å². The molecular formula is C14H10F3NO. The smallest absolute Gasteiger partial charge is 0.289 e. The fraction of sp³-hybridized carbons (Fsp3) is 0.143. The second-order valence-corrected chi connectivity index (χ2v) is 4.05. The third-order valence-corrected chi connectivity index (χ3v) is 2.81. The molecular weight excluding hydrogens is 255 g/mol. The minimum absolute atomic E-state index is 0.0443. The predicted molar refractivity (Wildman–Crippen MR) is 63.9 cm³/mol. The predicted octanol–water partition coefficient (Wildman–Crippen LogP) is 3.64. The summed E-state index contributed by atoms with van der Waals surface area (Å²) in [6.45, 7) is 1.30. The van der Waals surface area contributed by atoms with Crippen molar-refractivity contribution >= 4 is 5.78 Å². The van der Waals surface area contributed by atoms with E-state index in [1.54, 1.807) is 6.07 Å². The average Bonchev–Trinajstić information content (AvgIpc) is 2.38. The van der Waals surface area contributed by atoms with Gasteiger partial charge in [-0.1, -0.05) is 12.1 Å². The first-order chi connectivity index (χ1) is 8.91. The molecule has 0 aliphatic rings. The van der Waals surface area contributed by atoms with Crippen LogP contribution >= 0.6 is 0 Å². The van der Waals surface area contributed by atoms with Crippen LogP contribution in [-0.2, 0) is 6.18 Å². The maximum Gasteiger partial charge on any atom is 0.416 e. The standard InChI is InChI=1S/C14H10F3NO/c1-9-11(5-2-6-12(9)14(15,16)17)13(19)10-4-3-7-18-8-10/h2-8H,1H3. The van der Waals surface area contributed by atoms with Gasteiger partial charge in [-0.25, -0.2) is 0 Å². The molecule has 1 aromatic heterocycles. The average molecular weight is 265 g/mol. The molecule has 0 atom stereocenters. The molecule has 0 saturated carbocycles. The number of carbonyl (C=O) groups is 1. The Labute approximate surface area is 107 Å². The van der Waals surface area contributed by atoms with E-state index in [1.807, 2.05) is 0 Å². The Morgan fingerprint density at radius 3 is 2.47 bits per heavy atom. The lowest BCUT2D eigenvalue weighted by Crippen LogP contribution is -2.12. The first kappa shape index (κ1) is 13.3. The third kappa shape index (κ3) is 2.65. The zero-order valence-electron chi connectivity index (χ0n) is 10.0. The van der Waals surface area contributed by atoms with Crippen molar-refractivity contribution in [2.75, 3.05) is 0 Å². The number of carbonyl (C=O) groups excluding carboxylic acids is 1. The Bertz CT molecular complexity index is 606. The molecule has 0 radical (unpaired) electrons. The van der Waals surface area contributed by atoms with Gasteiger partial charge < -0.3 is 0 Å². The van der Waals surface area contributed by atoms with Gasteiger partial charge in [-0.05, 0) is 30.7 Å². The summed E-state index contributed by atoms with van der Waals surface area (Å²) < 4.78 is 38.3. The summed E-state index contributed by atoms with van der Waals surface area (Å²) in [6.07, 6.45) is -1.63. The van der Waals surface area contributed by atoms with Gasteiger partial charge in [-0.15, -0.1) is 0 Å². The number of alkyl halides is 3. The van der Waals surface area contributed by atoms with Crippen molar-refractivity contribution in [3.63, 3.8) is 0 Å². The SMILES string of the molecule is Cc1c(C(=O)c2cccnc2)cccc1C(F)(F)F. The van der Waals surface area contributed by atoms with Crippen LogP contribution in [0.25, 0.3) is 0 Å². The van der Waals surface area contributed by atoms with Crippen LogP contribution in [0.1, 0.15) is 27.0 Å². The quantitative estimate of drug-likeness (QED) is 0.776. The van der Waals surface area contributed by atoms with Crippen molar-refractivity contribution in [2.45, 2.75) is 13.1 Å². The van der Waals surface area contributed by atoms with Gasteiger partial charge in [0.15, 0.2) is 5.78 Å². The highest BCUT2D eigenvalue weighted by atomic mass is 19.4. The van der Waals surface area contributed by atoms with Gasteiger partial charge in [0.1, 0.15) is 0 Å². The molecule has 0 saturated heterocycles. The van der Waals surface area contributed by atoms with Crippen molar-refractivity contribution < 1.29 is 18.0 Å². The Morgan fingerprint density at radius 1 is 1.16 bits per heavy atom. The molecule has 0 N–H and O–H groups in total. The summed E-state index contributed by atoms with van der Waals surface area (Å²) in [5, 5.41) is 0. The van der Waals surface area contributed by atoms with Gasteiger partial charge in [0.25, 0.3) is 0 Å². The van der Waals surface area contributed by atoms with Gasteiger partial charge >= 0.3 is 6.18 Å². The molecule has 0 amide bonds. The van der Waals surface area contributed by atoms with Crippen LogP contribution in [-0.4, -0.2) is 10.8 Å². The largest absolute Gasteiger partial charge is 0.416 e. The third-order valence-electron chi connectivity index (χ3n) is 2.81. The summed E-state index contributed by atoms with van der Waals surface area (Å²) in [5.74, 6) is -0.461. The van der Waals surface area contributed by atoms with Gasteiger partial charge in [0, 0.05) is 23.5 Å². The van der Waals surface area contributed by atoms with E-state index in [1.165, 1.54) is 37.5 Å². The van der Waals surface area contributed by atoms with Crippen molar-refractivity contribution in [3.8, 4) is 0 Å². The molecule has 1 aromatic carbocycles. The lowest BCUT2D eigenvalue weighted by molar-refractivity contribution is -0.138. The molecule has 5 heteroatoms. The second-order valence-electron chi connectivity index (χ2n) is 4.05. The van der Waals surface area contributed by atoms with Crippen LogP contribution in [0.2, 0.25) is 0 Å². The molecule has 0 aliphatic carbocycles. The summed E-state index contributed by atoms with van der Waals surface area (Å²) >= 11 is 0. The molecule has 1 heterocycles. The molecule has 0 spiro atoms.